The quantitative estimate of drug-likeness (QED) is 0.599. The Kier molecular flexibility index (Phi) is 4.62. The summed E-state index contributed by atoms with van der Waals surface area (Å²) in [6, 6.07) is 8.16. The van der Waals surface area contributed by atoms with Crippen molar-refractivity contribution in [2.45, 2.75) is 11.4 Å². The van der Waals surface area contributed by atoms with Gasteiger partial charge in [0.1, 0.15) is 0 Å². The Morgan fingerprint density at radius 1 is 1.13 bits per heavy atom. The van der Waals surface area contributed by atoms with Crippen LogP contribution in [0.3, 0.4) is 0 Å². The van der Waals surface area contributed by atoms with Crippen LogP contribution in [0.2, 0.25) is 0 Å². The standard InChI is InChI=1S/C14H15N3O5S/c1-15(2)23(21,22)13-7-8-14(18)16(10-13)9-11-3-5-12(6-4-11)17(19)20/h3-8,10H,9H2,1-2H3. The number of hydrogen-bond donors (Lipinski definition) is 0. The van der Waals surface area contributed by atoms with Crippen LogP contribution >= 0.6 is 0 Å². The summed E-state index contributed by atoms with van der Waals surface area (Å²) in [5.74, 6) is 0. The summed E-state index contributed by atoms with van der Waals surface area (Å²) < 4.78 is 26.5. The highest BCUT2D eigenvalue weighted by atomic mass is 32.2. The molecule has 0 saturated carbocycles. The summed E-state index contributed by atoms with van der Waals surface area (Å²) in [5.41, 5.74) is 0.239. The highest BCUT2D eigenvalue weighted by Crippen LogP contribution is 2.14. The molecule has 0 N–H and O–H groups in total. The van der Waals surface area contributed by atoms with Gasteiger partial charge in [0.25, 0.3) is 11.2 Å². The molecule has 1 aromatic heterocycles. The lowest BCUT2D eigenvalue weighted by Crippen LogP contribution is -2.26. The molecule has 0 radical (unpaired) electrons. The maximum absolute atomic E-state index is 12.1. The van der Waals surface area contributed by atoms with Gasteiger partial charge < -0.3 is 4.57 Å². The van der Waals surface area contributed by atoms with E-state index >= 15 is 0 Å². The molecule has 8 nitrogen and oxygen atoms in total. The molecule has 0 spiro atoms. The molecule has 0 bridgehead atoms. The Hall–Kier alpha value is -2.52. The molecule has 0 aliphatic heterocycles. The van der Waals surface area contributed by atoms with Crippen LogP contribution in [0.1, 0.15) is 5.56 Å². The van der Waals surface area contributed by atoms with Crippen LogP contribution in [0, 0.1) is 10.1 Å². The van der Waals surface area contributed by atoms with Crippen LogP contribution < -0.4 is 5.56 Å². The van der Waals surface area contributed by atoms with E-state index in [2.05, 4.69) is 0 Å². The largest absolute Gasteiger partial charge is 0.310 e. The summed E-state index contributed by atoms with van der Waals surface area (Å²) in [4.78, 5) is 22.0. The maximum atomic E-state index is 12.1. The van der Waals surface area contributed by atoms with Crippen molar-refractivity contribution >= 4 is 15.7 Å². The lowest BCUT2D eigenvalue weighted by molar-refractivity contribution is -0.384. The average molecular weight is 337 g/mol. The van der Waals surface area contributed by atoms with Crippen LogP contribution in [0.25, 0.3) is 0 Å². The first-order valence-electron chi connectivity index (χ1n) is 6.58. The number of non-ortho nitro benzene ring substituents is 1. The van der Waals surface area contributed by atoms with Gasteiger partial charge in [0.05, 0.1) is 16.4 Å². The second-order valence-electron chi connectivity index (χ2n) is 5.04. The molecule has 122 valence electrons. The van der Waals surface area contributed by atoms with Gasteiger partial charge in [-0.1, -0.05) is 12.1 Å². The topological polar surface area (TPSA) is 103 Å². The van der Waals surface area contributed by atoms with E-state index in [0.717, 1.165) is 4.31 Å². The van der Waals surface area contributed by atoms with E-state index in [-0.39, 0.29) is 22.7 Å². The molecule has 0 saturated heterocycles. The Balaban J connectivity index is 2.37. The maximum Gasteiger partial charge on any atom is 0.269 e. The Morgan fingerprint density at radius 2 is 1.74 bits per heavy atom. The summed E-state index contributed by atoms with van der Waals surface area (Å²) in [5, 5.41) is 10.6. The average Bonchev–Trinajstić information content (AvgIpc) is 2.49. The lowest BCUT2D eigenvalue weighted by Gasteiger charge is -2.13. The Labute approximate surface area is 132 Å². The zero-order valence-corrected chi connectivity index (χ0v) is 13.4. The first-order chi connectivity index (χ1) is 10.7. The zero-order valence-electron chi connectivity index (χ0n) is 12.5. The Morgan fingerprint density at radius 3 is 2.26 bits per heavy atom. The van der Waals surface area contributed by atoms with Crippen molar-refractivity contribution in [2.75, 3.05) is 14.1 Å². The molecule has 9 heteroatoms. The molecule has 1 aromatic carbocycles. The fourth-order valence-electron chi connectivity index (χ4n) is 1.92. The fraction of sp³-hybridized carbons (Fsp3) is 0.214. The molecule has 0 unspecified atom stereocenters. The van der Waals surface area contributed by atoms with E-state index in [9.17, 15) is 23.3 Å². The van der Waals surface area contributed by atoms with Gasteiger partial charge >= 0.3 is 0 Å². The fourth-order valence-corrected chi connectivity index (χ4v) is 2.84. The van der Waals surface area contributed by atoms with E-state index in [4.69, 9.17) is 0 Å². The van der Waals surface area contributed by atoms with E-state index < -0.39 is 14.9 Å². The van der Waals surface area contributed by atoms with E-state index in [1.165, 1.54) is 61.3 Å². The number of sulfonamides is 1. The van der Waals surface area contributed by atoms with Gasteiger partial charge in [-0.25, -0.2) is 12.7 Å². The molecular weight excluding hydrogens is 322 g/mol. The normalized spacial score (nSPS) is 11.6. The third-order valence-corrected chi connectivity index (χ3v) is 5.03. The number of pyridine rings is 1. The van der Waals surface area contributed by atoms with Crippen LogP contribution in [-0.4, -0.2) is 36.3 Å². The second kappa shape index (κ2) is 6.31. The second-order valence-corrected chi connectivity index (χ2v) is 7.19. The molecule has 0 atom stereocenters. The zero-order chi connectivity index (χ0) is 17.2. The van der Waals surface area contributed by atoms with Crippen molar-refractivity contribution in [3.63, 3.8) is 0 Å². The van der Waals surface area contributed by atoms with Gasteiger partial charge in [0, 0.05) is 38.5 Å². The lowest BCUT2D eigenvalue weighted by atomic mass is 10.2. The van der Waals surface area contributed by atoms with Crippen molar-refractivity contribution in [1.82, 2.24) is 8.87 Å². The number of aromatic nitrogens is 1. The van der Waals surface area contributed by atoms with Crippen molar-refractivity contribution < 1.29 is 13.3 Å². The Bertz CT molecular complexity index is 885. The SMILES string of the molecule is CN(C)S(=O)(=O)c1ccc(=O)n(Cc2ccc([N+](=O)[O-])cc2)c1. The molecule has 0 fully saturated rings. The van der Waals surface area contributed by atoms with Crippen LogP contribution in [0.4, 0.5) is 5.69 Å². The van der Waals surface area contributed by atoms with Gasteiger partial charge in [0.2, 0.25) is 10.0 Å². The smallest absolute Gasteiger partial charge is 0.269 e. The molecule has 2 aromatic rings. The van der Waals surface area contributed by atoms with Gasteiger partial charge in [0.15, 0.2) is 0 Å². The molecule has 2 rings (SSSR count). The number of nitrogens with zero attached hydrogens (tertiary/aromatic N) is 3. The highest BCUT2D eigenvalue weighted by molar-refractivity contribution is 7.89. The number of nitro benzene ring substituents is 1. The van der Waals surface area contributed by atoms with E-state index in [1.54, 1.807) is 0 Å². The molecule has 1 heterocycles. The molecular formula is C14H15N3O5S. The van der Waals surface area contributed by atoms with E-state index in [0.29, 0.717) is 5.56 Å². The van der Waals surface area contributed by atoms with Crippen LogP contribution in [-0.2, 0) is 16.6 Å². The molecule has 0 aliphatic rings. The molecule has 23 heavy (non-hydrogen) atoms. The van der Waals surface area contributed by atoms with Gasteiger partial charge in [-0.15, -0.1) is 0 Å². The minimum Gasteiger partial charge on any atom is -0.310 e. The monoisotopic (exact) mass is 337 g/mol. The van der Waals surface area contributed by atoms with Crippen molar-refractivity contribution in [3.05, 3.63) is 68.6 Å². The summed E-state index contributed by atoms with van der Waals surface area (Å²) in [7, 11) is -0.834. The third-order valence-electron chi connectivity index (χ3n) is 3.23. The predicted molar refractivity (Wildman–Crippen MR) is 83.8 cm³/mol. The van der Waals surface area contributed by atoms with Crippen LogP contribution in [0.5, 0.6) is 0 Å². The van der Waals surface area contributed by atoms with Gasteiger partial charge in [-0.2, -0.15) is 0 Å². The number of benzene rings is 1. The number of hydrogen-bond acceptors (Lipinski definition) is 5. The first kappa shape index (κ1) is 16.8. The van der Waals surface area contributed by atoms with Gasteiger partial charge in [-0.3, -0.25) is 14.9 Å². The number of rotatable bonds is 5. The summed E-state index contributed by atoms with van der Waals surface area (Å²) >= 11 is 0. The first-order valence-corrected chi connectivity index (χ1v) is 8.02. The van der Waals surface area contributed by atoms with Crippen molar-refractivity contribution in [2.24, 2.45) is 0 Å². The van der Waals surface area contributed by atoms with E-state index in [1.807, 2.05) is 0 Å². The van der Waals surface area contributed by atoms with Crippen molar-refractivity contribution in [1.29, 1.82) is 0 Å². The van der Waals surface area contributed by atoms with Gasteiger partial charge in [-0.05, 0) is 11.6 Å². The highest BCUT2D eigenvalue weighted by Gasteiger charge is 2.18. The van der Waals surface area contributed by atoms with Crippen LogP contribution in [0.15, 0.2) is 52.3 Å². The molecule has 0 amide bonds. The summed E-state index contributed by atoms with van der Waals surface area (Å²) in [6.07, 6.45) is 1.26. The predicted octanol–water partition coefficient (Wildman–Crippen LogP) is 1.06. The summed E-state index contributed by atoms with van der Waals surface area (Å²) in [6.45, 7) is 0.119. The molecule has 0 aliphatic carbocycles. The number of nitro groups is 1. The third kappa shape index (κ3) is 3.63. The minimum atomic E-state index is -3.64. The van der Waals surface area contributed by atoms with Crippen molar-refractivity contribution in [3.8, 4) is 0 Å². The minimum absolute atomic E-state index is 0.00371.